The summed E-state index contributed by atoms with van der Waals surface area (Å²) in [5.74, 6) is -0.343. The van der Waals surface area contributed by atoms with Crippen LogP contribution in [0.1, 0.15) is 23.3 Å². The number of hydrogen-bond donors (Lipinski definition) is 4. The van der Waals surface area contributed by atoms with Crippen LogP contribution in [0.2, 0.25) is 0 Å². The first-order chi connectivity index (χ1) is 10.2. The van der Waals surface area contributed by atoms with Crippen molar-refractivity contribution in [3.63, 3.8) is 0 Å². The van der Waals surface area contributed by atoms with Gasteiger partial charge >= 0.3 is 16.4 Å². The molecule has 13 heteroatoms. The molecule has 0 aromatic carbocycles. The molecule has 2 bridgehead atoms. The summed E-state index contributed by atoms with van der Waals surface area (Å²) < 4.78 is 36.1. The minimum absolute atomic E-state index is 0.0418. The van der Waals surface area contributed by atoms with Crippen molar-refractivity contribution in [2.24, 2.45) is 11.5 Å². The third kappa shape index (κ3) is 2.10. The minimum Gasteiger partial charge on any atom is -0.368 e. The molecule has 2 amide bonds. The molecule has 3 heterocycles. The van der Waals surface area contributed by atoms with E-state index >= 15 is 0 Å². The van der Waals surface area contributed by atoms with Gasteiger partial charge in [0, 0.05) is 18.3 Å². The first-order valence-corrected chi connectivity index (χ1v) is 7.50. The molecule has 2 atom stereocenters. The normalized spacial score (nSPS) is 23.8. The molecule has 2 aliphatic rings. The summed E-state index contributed by atoms with van der Waals surface area (Å²) in [7, 11) is -4.86. The Morgan fingerprint density at radius 1 is 1.59 bits per heavy atom. The SMILES string of the molecule is N=C(N)n1cc2c(n1)C(CN)N1C[C@H]2N(OS(=O)(=O)O)C1=O. The molecule has 2 aliphatic heterocycles. The molecular weight excluding hydrogens is 318 g/mol. The number of nitrogens with two attached hydrogens (primary N) is 2. The summed E-state index contributed by atoms with van der Waals surface area (Å²) in [6.45, 7) is 0.160. The number of rotatable bonds is 3. The lowest BCUT2D eigenvalue weighted by molar-refractivity contribution is -0.0317. The second-order valence-corrected chi connectivity index (χ2v) is 5.83. The Balaban J connectivity index is 2.08. The molecule has 1 fully saturated rings. The summed E-state index contributed by atoms with van der Waals surface area (Å²) in [5, 5.41) is 12.1. The fourth-order valence-electron chi connectivity index (χ4n) is 2.70. The van der Waals surface area contributed by atoms with E-state index in [0.717, 1.165) is 4.68 Å². The fourth-order valence-corrected chi connectivity index (χ4v) is 3.07. The molecular formula is C9H13N7O5S. The predicted molar refractivity (Wildman–Crippen MR) is 70.7 cm³/mol. The maximum absolute atomic E-state index is 12.2. The van der Waals surface area contributed by atoms with Crippen LogP contribution in [-0.4, -0.2) is 57.8 Å². The van der Waals surface area contributed by atoms with Crippen molar-refractivity contribution in [3.05, 3.63) is 17.5 Å². The average Bonchev–Trinajstić information content (AvgIpc) is 2.95. The van der Waals surface area contributed by atoms with Gasteiger partial charge in [-0.2, -0.15) is 18.6 Å². The summed E-state index contributed by atoms with van der Waals surface area (Å²) in [6.07, 6.45) is 1.40. The first-order valence-electron chi connectivity index (χ1n) is 6.13. The molecule has 1 saturated heterocycles. The van der Waals surface area contributed by atoms with Crippen LogP contribution in [0.15, 0.2) is 6.20 Å². The van der Waals surface area contributed by atoms with E-state index in [1.807, 2.05) is 0 Å². The van der Waals surface area contributed by atoms with E-state index in [0.29, 0.717) is 16.3 Å². The van der Waals surface area contributed by atoms with Crippen LogP contribution in [0, 0.1) is 5.41 Å². The van der Waals surface area contributed by atoms with Crippen LogP contribution < -0.4 is 11.5 Å². The molecule has 22 heavy (non-hydrogen) atoms. The highest BCUT2D eigenvalue weighted by Crippen LogP contribution is 2.43. The van der Waals surface area contributed by atoms with Gasteiger partial charge in [0.25, 0.3) is 0 Å². The van der Waals surface area contributed by atoms with Crippen molar-refractivity contribution in [1.82, 2.24) is 19.7 Å². The van der Waals surface area contributed by atoms with Crippen LogP contribution in [-0.2, 0) is 14.7 Å². The monoisotopic (exact) mass is 331 g/mol. The summed E-state index contributed by atoms with van der Waals surface area (Å²) >= 11 is 0. The van der Waals surface area contributed by atoms with Gasteiger partial charge in [-0.15, -0.1) is 4.28 Å². The molecule has 1 aromatic rings. The molecule has 6 N–H and O–H groups in total. The van der Waals surface area contributed by atoms with Crippen LogP contribution >= 0.6 is 0 Å². The zero-order valence-electron chi connectivity index (χ0n) is 11.1. The molecule has 0 aliphatic carbocycles. The lowest BCUT2D eigenvalue weighted by Gasteiger charge is -2.28. The van der Waals surface area contributed by atoms with Crippen molar-refractivity contribution >= 4 is 22.4 Å². The Morgan fingerprint density at radius 3 is 2.82 bits per heavy atom. The number of carbonyl (C=O) groups is 1. The summed E-state index contributed by atoms with van der Waals surface area (Å²) in [4.78, 5) is 13.5. The second-order valence-electron chi connectivity index (χ2n) is 4.83. The standard InChI is InChI=1S/C9H13N7O5S/c10-1-5-7-4(2-15(13-7)8(11)12)6-3-14(5)9(17)16(6)21-22(18,19)20/h2,5-6H,1,3,10H2,(H3,11,12)(H,18,19,20)/t5?,6-/m1/s1. The van der Waals surface area contributed by atoms with Crippen molar-refractivity contribution in [2.75, 3.05) is 13.1 Å². The van der Waals surface area contributed by atoms with Gasteiger partial charge in [-0.3, -0.25) is 9.96 Å². The number of urea groups is 1. The van der Waals surface area contributed by atoms with E-state index in [-0.39, 0.29) is 19.0 Å². The molecule has 1 unspecified atom stereocenters. The third-order valence-corrected chi connectivity index (χ3v) is 3.90. The van der Waals surface area contributed by atoms with Gasteiger partial charge < -0.3 is 16.4 Å². The van der Waals surface area contributed by atoms with Gasteiger partial charge in [0.05, 0.1) is 18.3 Å². The highest BCUT2D eigenvalue weighted by molar-refractivity contribution is 7.80. The number of hydrogen-bond acceptors (Lipinski definition) is 7. The summed E-state index contributed by atoms with van der Waals surface area (Å²) in [5.41, 5.74) is 11.9. The zero-order chi connectivity index (χ0) is 16.2. The Labute approximate surface area is 124 Å². The molecule has 120 valence electrons. The highest BCUT2D eigenvalue weighted by atomic mass is 32.3. The van der Waals surface area contributed by atoms with E-state index in [4.69, 9.17) is 21.4 Å². The summed E-state index contributed by atoms with van der Waals surface area (Å²) in [6, 6.07) is -2.15. The quantitative estimate of drug-likeness (QED) is 0.283. The van der Waals surface area contributed by atoms with E-state index in [1.165, 1.54) is 11.1 Å². The average molecular weight is 331 g/mol. The minimum atomic E-state index is -4.86. The van der Waals surface area contributed by atoms with Crippen LogP contribution in [0.3, 0.4) is 0 Å². The fraction of sp³-hybridized carbons (Fsp3) is 0.444. The number of fused-ring (bicyclic) bond motifs is 4. The van der Waals surface area contributed by atoms with E-state index in [9.17, 15) is 13.2 Å². The van der Waals surface area contributed by atoms with Crippen LogP contribution in [0.5, 0.6) is 0 Å². The predicted octanol–water partition coefficient (Wildman–Crippen LogP) is -1.85. The number of nitrogen functional groups attached to an aromatic ring is 1. The van der Waals surface area contributed by atoms with Gasteiger partial charge in [-0.25, -0.2) is 9.48 Å². The van der Waals surface area contributed by atoms with Crippen LogP contribution in [0.25, 0.3) is 0 Å². The van der Waals surface area contributed by atoms with Gasteiger partial charge in [0.1, 0.15) is 6.04 Å². The highest BCUT2D eigenvalue weighted by Gasteiger charge is 2.51. The van der Waals surface area contributed by atoms with Crippen molar-refractivity contribution in [2.45, 2.75) is 12.1 Å². The Morgan fingerprint density at radius 2 is 2.27 bits per heavy atom. The Kier molecular flexibility index (Phi) is 3.10. The van der Waals surface area contributed by atoms with Gasteiger partial charge in [0.15, 0.2) is 0 Å². The smallest absolute Gasteiger partial charge is 0.368 e. The largest absolute Gasteiger partial charge is 0.418 e. The number of carbonyl (C=O) groups excluding carboxylic acids is 1. The molecule has 0 radical (unpaired) electrons. The maximum atomic E-state index is 12.2. The number of nitrogens with one attached hydrogen (secondary N) is 1. The third-order valence-electron chi connectivity index (χ3n) is 3.55. The topological polar surface area (TPSA) is 181 Å². The Hall–Kier alpha value is -2.22. The molecule has 1 aromatic heterocycles. The molecule has 0 saturated carbocycles. The lowest BCUT2D eigenvalue weighted by atomic mass is 9.98. The molecule has 0 spiro atoms. The number of amides is 2. The Bertz CT molecular complexity index is 758. The van der Waals surface area contributed by atoms with E-state index in [2.05, 4.69) is 9.38 Å². The lowest BCUT2D eigenvalue weighted by Crippen LogP contribution is -2.38. The van der Waals surface area contributed by atoms with E-state index < -0.39 is 28.5 Å². The molecule has 12 nitrogen and oxygen atoms in total. The van der Waals surface area contributed by atoms with Gasteiger partial charge in [-0.05, 0) is 0 Å². The molecule has 3 rings (SSSR count). The van der Waals surface area contributed by atoms with Crippen LogP contribution in [0.4, 0.5) is 4.79 Å². The van der Waals surface area contributed by atoms with Gasteiger partial charge in [0.2, 0.25) is 5.96 Å². The first kappa shape index (κ1) is 14.7. The van der Waals surface area contributed by atoms with Crippen molar-refractivity contribution < 1.29 is 22.0 Å². The maximum Gasteiger partial charge on any atom is 0.418 e. The number of aromatic nitrogens is 2. The number of hydroxylamine groups is 2. The second kappa shape index (κ2) is 4.64. The van der Waals surface area contributed by atoms with Crippen molar-refractivity contribution in [3.8, 4) is 0 Å². The number of nitrogens with zero attached hydrogens (tertiary/aromatic N) is 4. The van der Waals surface area contributed by atoms with E-state index in [1.54, 1.807) is 0 Å². The van der Waals surface area contributed by atoms with Gasteiger partial charge in [-0.1, -0.05) is 0 Å². The zero-order valence-corrected chi connectivity index (χ0v) is 11.9. The van der Waals surface area contributed by atoms with Crippen molar-refractivity contribution in [1.29, 1.82) is 5.41 Å².